The van der Waals surface area contributed by atoms with Crippen molar-refractivity contribution in [3.8, 4) is 0 Å². The Bertz CT molecular complexity index is 243. The number of hydrogen-bond acceptors (Lipinski definition) is 3. The number of aliphatic hydroxyl groups excluding tert-OH is 1. The van der Waals surface area contributed by atoms with Crippen LogP contribution in [0.4, 0.5) is 0 Å². The molecule has 4 heteroatoms. The maximum absolute atomic E-state index is 11.7. The third-order valence-electron chi connectivity index (χ3n) is 2.46. The second-order valence-corrected chi connectivity index (χ2v) is 7.04. The minimum Gasteiger partial charge on any atom is -0.392 e. The Hall–Kier alpha value is -0.220. The first-order valence-corrected chi connectivity index (χ1v) is 6.61. The molecule has 0 radical (unpaired) electrons. The first-order chi connectivity index (χ1) is 6.70. The Morgan fingerprint density at radius 3 is 2.20 bits per heavy atom. The third-order valence-corrected chi connectivity index (χ3v) is 4.37. The van der Waals surface area contributed by atoms with Gasteiger partial charge in [0.1, 0.15) is 0 Å². The molecule has 0 bridgehead atoms. The second-order valence-electron chi connectivity index (χ2n) is 4.83. The van der Waals surface area contributed by atoms with Crippen LogP contribution in [0.3, 0.4) is 0 Å². The zero-order valence-electron chi connectivity index (χ0n) is 10.2. The Balaban J connectivity index is 4.32. The molecule has 0 saturated heterocycles. The van der Waals surface area contributed by atoms with Crippen molar-refractivity contribution in [2.24, 2.45) is 5.92 Å². The molecule has 0 aliphatic rings. The Morgan fingerprint density at radius 2 is 1.87 bits per heavy atom. The summed E-state index contributed by atoms with van der Waals surface area (Å²) in [5.74, 6) is -0.485. The average molecular weight is 234 g/mol. The fraction of sp³-hybridized carbons (Fsp3) is 0.909. The summed E-state index contributed by atoms with van der Waals surface area (Å²) >= 11 is 0. The van der Waals surface area contributed by atoms with Crippen LogP contribution in [0.15, 0.2) is 0 Å². The third kappa shape index (κ3) is 4.89. The van der Waals surface area contributed by atoms with Gasteiger partial charge < -0.3 is 5.11 Å². The lowest BCUT2D eigenvalue weighted by molar-refractivity contribution is -0.123. The van der Waals surface area contributed by atoms with Gasteiger partial charge in [0.2, 0.25) is 0 Å². The lowest BCUT2D eigenvalue weighted by atomic mass is 9.99. The van der Waals surface area contributed by atoms with Crippen LogP contribution < -0.4 is 0 Å². The number of aliphatic hydroxyl groups is 1. The number of ketones is 1. The van der Waals surface area contributed by atoms with Gasteiger partial charge in [-0.05, 0) is 27.2 Å². The summed E-state index contributed by atoms with van der Waals surface area (Å²) in [5, 5.41) is 9.49. The Labute approximate surface area is 94.7 Å². The molecule has 0 rings (SSSR count). The van der Waals surface area contributed by atoms with E-state index in [1.165, 1.54) is 0 Å². The standard InChI is InChI=1S/C11H22O3S/c1-6-9(12)8(2)10(13)7-15(14)11(3,4)5/h8-9,12H,6-7H2,1-5H3/t8-,9+,15?/m1/s1. The van der Waals surface area contributed by atoms with Gasteiger partial charge in [-0.15, -0.1) is 0 Å². The van der Waals surface area contributed by atoms with Gasteiger partial charge >= 0.3 is 0 Å². The summed E-state index contributed by atoms with van der Waals surface area (Å²) < 4.78 is 11.3. The molecule has 0 spiro atoms. The van der Waals surface area contributed by atoms with E-state index in [4.69, 9.17) is 0 Å². The van der Waals surface area contributed by atoms with E-state index in [0.717, 1.165) is 0 Å². The van der Waals surface area contributed by atoms with Crippen LogP contribution in [0.1, 0.15) is 41.0 Å². The monoisotopic (exact) mass is 234 g/mol. The zero-order valence-corrected chi connectivity index (χ0v) is 11.1. The highest BCUT2D eigenvalue weighted by Crippen LogP contribution is 2.15. The normalized spacial score (nSPS) is 18.3. The van der Waals surface area contributed by atoms with Crippen molar-refractivity contribution in [3.05, 3.63) is 0 Å². The predicted molar refractivity (Wildman–Crippen MR) is 63.2 cm³/mol. The van der Waals surface area contributed by atoms with Gasteiger partial charge in [-0.3, -0.25) is 9.00 Å². The maximum Gasteiger partial charge on any atom is 0.150 e. The van der Waals surface area contributed by atoms with E-state index >= 15 is 0 Å². The molecule has 0 aromatic carbocycles. The van der Waals surface area contributed by atoms with E-state index < -0.39 is 22.8 Å². The SMILES string of the molecule is CC[C@H](O)[C@@H](C)C(=O)CS(=O)C(C)(C)C. The molecule has 0 fully saturated rings. The van der Waals surface area contributed by atoms with Gasteiger partial charge in [0.05, 0.1) is 11.9 Å². The molecule has 0 heterocycles. The topological polar surface area (TPSA) is 54.4 Å². The summed E-state index contributed by atoms with van der Waals surface area (Å²) in [5.41, 5.74) is 0. The lowest BCUT2D eigenvalue weighted by Crippen LogP contribution is -2.33. The van der Waals surface area contributed by atoms with Crippen molar-refractivity contribution in [1.29, 1.82) is 0 Å². The highest BCUT2D eigenvalue weighted by atomic mass is 32.2. The fourth-order valence-electron chi connectivity index (χ4n) is 1.05. The summed E-state index contributed by atoms with van der Waals surface area (Å²) in [6.07, 6.45) is -0.0656. The van der Waals surface area contributed by atoms with Gasteiger partial charge in [0.15, 0.2) is 5.78 Å². The van der Waals surface area contributed by atoms with E-state index in [0.29, 0.717) is 6.42 Å². The fourth-order valence-corrected chi connectivity index (χ4v) is 2.00. The van der Waals surface area contributed by atoms with E-state index in [2.05, 4.69) is 0 Å². The molecular weight excluding hydrogens is 212 g/mol. The number of Topliss-reactive ketones (excluding diaryl/α,β-unsaturated/α-hetero) is 1. The molecule has 15 heavy (non-hydrogen) atoms. The molecule has 0 aromatic heterocycles. The van der Waals surface area contributed by atoms with Gasteiger partial charge in [-0.25, -0.2) is 0 Å². The number of hydrogen-bond donors (Lipinski definition) is 1. The maximum atomic E-state index is 11.7. The predicted octanol–water partition coefficient (Wildman–Crippen LogP) is 1.51. The molecule has 0 saturated carbocycles. The number of carbonyl (C=O) groups is 1. The first-order valence-electron chi connectivity index (χ1n) is 5.29. The van der Waals surface area contributed by atoms with E-state index in [-0.39, 0.29) is 16.3 Å². The van der Waals surface area contributed by atoms with Crippen molar-refractivity contribution in [3.63, 3.8) is 0 Å². The van der Waals surface area contributed by atoms with Crippen molar-refractivity contribution >= 4 is 16.6 Å². The molecule has 3 nitrogen and oxygen atoms in total. The van der Waals surface area contributed by atoms with Crippen molar-refractivity contribution in [2.45, 2.75) is 51.9 Å². The van der Waals surface area contributed by atoms with Gasteiger partial charge in [0.25, 0.3) is 0 Å². The molecule has 90 valence electrons. The molecule has 0 aliphatic carbocycles. The first kappa shape index (κ1) is 14.8. The van der Waals surface area contributed by atoms with Crippen LogP contribution in [0.5, 0.6) is 0 Å². The molecular formula is C11H22O3S. The van der Waals surface area contributed by atoms with Crippen molar-refractivity contribution < 1.29 is 14.1 Å². The number of rotatable bonds is 5. The summed E-state index contributed by atoms with van der Waals surface area (Å²) in [6.45, 7) is 9.05. The van der Waals surface area contributed by atoms with Gasteiger partial charge in [-0.2, -0.15) is 0 Å². The second kappa shape index (κ2) is 5.75. The quantitative estimate of drug-likeness (QED) is 0.784. The number of carbonyl (C=O) groups excluding carboxylic acids is 1. The molecule has 0 aliphatic heterocycles. The summed E-state index contributed by atoms with van der Waals surface area (Å²) in [6, 6.07) is 0. The van der Waals surface area contributed by atoms with Gasteiger partial charge in [-0.1, -0.05) is 13.8 Å². The van der Waals surface area contributed by atoms with Crippen LogP contribution in [0.25, 0.3) is 0 Å². The molecule has 0 aromatic rings. The molecule has 3 atom stereocenters. The minimum absolute atomic E-state index is 0.0434. The Kier molecular flexibility index (Phi) is 5.67. The van der Waals surface area contributed by atoms with Crippen LogP contribution in [-0.2, 0) is 15.6 Å². The zero-order chi connectivity index (χ0) is 12.2. The average Bonchev–Trinajstić information content (AvgIpc) is 2.13. The van der Waals surface area contributed by atoms with E-state index in [1.54, 1.807) is 6.92 Å². The lowest BCUT2D eigenvalue weighted by Gasteiger charge is -2.20. The van der Waals surface area contributed by atoms with Gasteiger partial charge in [0, 0.05) is 21.5 Å². The van der Waals surface area contributed by atoms with Crippen LogP contribution in [0, 0.1) is 5.92 Å². The van der Waals surface area contributed by atoms with E-state index in [1.807, 2.05) is 27.7 Å². The summed E-state index contributed by atoms with van der Waals surface area (Å²) in [7, 11) is -1.17. The molecule has 1 unspecified atom stereocenters. The highest BCUT2D eigenvalue weighted by Gasteiger charge is 2.26. The van der Waals surface area contributed by atoms with E-state index in [9.17, 15) is 14.1 Å². The minimum atomic E-state index is -1.17. The van der Waals surface area contributed by atoms with Crippen LogP contribution in [-0.4, -0.2) is 31.7 Å². The van der Waals surface area contributed by atoms with Crippen LogP contribution >= 0.6 is 0 Å². The molecule has 0 amide bonds. The molecule has 1 N–H and O–H groups in total. The van der Waals surface area contributed by atoms with Crippen molar-refractivity contribution in [2.75, 3.05) is 5.75 Å². The highest BCUT2D eigenvalue weighted by molar-refractivity contribution is 7.87. The summed E-state index contributed by atoms with van der Waals surface area (Å²) in [4.78, 5) is 11.6. The van der Waals surface area contributed by atoms with Crippen molar-refractivity contribution in [1.82, 2.24) is 0 Å². The Morgan fingerprint density at radius 1 is 1.40 bits per heavy atom. The smallest absolute Gasteiger partial charge is 0.150 e. The van der Waals surface area contributed by atoms with Crippen LogP contribution in [0.2, 0.25) is 0 Å². The largest absolute Gasteiger partial charge is 0.392 e.